The Morgan fingerprint density at radius 3 is 2.52 bits per heavy atom. The van der Waals surface area contributed by atoms with Crippen LogP contribution in [0.5, 0.6) is 0 Å². The summed E-state index contributed by atoms with van der Waals surface area (Å²) in [5.74, 6) is 0.794. The largest absolute Gasteiger partial charge is 0.465 e. The minimum Gasteiger partial charge on any atom is -0.465 e. The molecule has 5 heteroatoms. The van der Waals surface area contributed by atoms with Crippen molar-refractivity contribution in [2.45, 2.75) is 27.2 Å². The maximum Gasteiger partial charge on any atom is 0.337 e. The lowest BCUT2D eigenvalue weighted by atomic mass is 9.92. The third-order valence-electron chi connectivity index (χ3n) is 4.24. The minimum absolute atomic E-state index is 0.0450. The van der Waals surface area contributed by atoms with Gasteiger partial charge in [-0.15, -0.1) is 0 Å². The topological polar surface area (TPSA) is 58.6 Å². The lowest BCUT2D eigenvalue weighted by Gasteiger charge is -2.34. The van der Waals surface area contributed by atoms with E-state index in [-0.39, 0.29) is 5.91 Å². The van der Waals surface area contributed by atoms with Crippen molar-refractivity contribution in [3.05, 3.63) is 29.3 Å². The molecule has 2 atom stereocenters. The summed E-state index contributed by atoms with van der Waals surface area (Å²) < 4.78 is 4.72. The highest BCUT2D eigenvalue weighted by Gasteiger charge is 2.23. The number of amides is 1. The number of aryl methyl sites for hydroxylation is 1. The van der Waals surface area contributed by atoms with Crippen molar-refractivity contribution in [1.82, 2.24) is 4.90 Å². The highest BCUT2D eigenvalue weighted by Crippen LogP contribution is 2.21. The third kappa shape index (κ3) is 4.79. The zero-order chi connectivity index (χ0) is 17.0. The average Bonchev–Trinajstić information content (AvgIpc) is 2.47. The Hall–Kier alpha value is -1.88. The molecular weight excluding hydrogens is 292 g/mol. The number of esters is 1. The number of carbonyl (C=O) groups is 2. The molecule has 1 N–H and O–H groups in total. The van der Waals surface area contributed by atoms with Crippen molar-refractivity contribution in [3.8, 4) is 0 Å². The number of hydrogen-bond acceptors (Lipinski definition) is 4. The van der Waals surface area contributed by atoms with Crippen LogP contribution in [0.25, 0.3) is 0 Å². The van der Waals surface area contributed by atoms with E-state index in [0.717, 1.165) is 18.7 Å². The number of methoxy groups -OCH3 is 1. The SMILES string of the molecule is COC(=O)c1ccc(C)c(NC(=O)CN2C[C@H](C)C[C@H](C)C2)c1. The standard InChI is InChI=1S/C18H26N2O3/c1-12-7-13(2)10-20(9-12)11-17(21)19-16-8-15(18(22)23-4)6-5-14(16)3/h5-6,8,12-13H,7,9-11H2,1-4H3,(H,19,21)/t12-,13+. The van der Waals surface area contributed by atoms with Crippen LogP contribution in [-0.2, 0) is 9.53 Å². The van der Waals surface area contributed by atoms with Crippen LogP contribution in [0, 0.1) is 18.8 Å². The first-order chi connectivity index (χ1) is 10.9. The van der Waals surface area contributed by atoms with Gasteiger partial charge < -0.3 is 10.1 Å². The summed E-state index contributed by atoms with van der Waals surface area (Å²) in [6.07, 6.45) is 1.22. The summed E-state index contributed by atoms with van der Waals surface area (Å²) in [4.78, 5) is 26.1. The number of anilines is 1. The molecule has 1 aromatic carbocycles. The van der Waals surface area contributed by atoms with Gasteiger partial charge in [-0.25, -0.2) is 4.79 Å². The van der Waals surface area contributed by atoms with Crippen LogP contribution in [0.1, 0.15) is 36.2 Å². The van der Waals surface area contributed by atoms with Crippen molar-refractivity contribution in [2.75, 3.05) is 32.1 Å². The van der Waals surface area contributed by atoms with E-state index in [0.29, 0.717) is 29.6 Å². The molecule has 1 aliphatic rings. The van der Waals surface area contributed by atoms with E-state index in [1.54, 1.807) is 12.1 Å². The van der Waals surface area contributed by atoms with Gasteiger partial charge in [0.2, 0.25) is 5.91 Å². The quantitative estimate of drug-likeness (QED) is 0.867. The predicted octanol–water partition coefficient (Wildman–Crippen LogP) is 2.70. The highest BCUT2D eigenvalue weighted by molar-refractivity contribution is 5.96. The number of likely N-dealkylation sites (tertiary alicyclic amines) is 1. The van der Waals surface area contributed by atoms with Crippen LogP contribution < -0.4 is 5.32 Å². The van der Waals surface area contributed by atoms with Gasteiger partial charge in [-0.3, -0.25) is 9.69 Å². The number of piperidine rings is 1. The Morgan fingerprint density at radius 2 is 1.91 bits per heavy atom. The molecule has 23 heavy (non-hydrogen) atoms. The second kappa shape index (κ2) is 7.59. The van der Waals surface area contributed by atoms with E-state index >= 15 is 0 Å². The number of benzene rings is 1. The molecule has 1 heterocycles. The van der Waals surface area contributed by atoms with Crippen LogP contribution in [0.2, 0.25) is 0 Å². The smallest absolute Gasteiger partial charge is 0.337 e. The third-order valence-corrected chi connectivity index (χ3v) is 4.24. The van der Waals surface area contributed by atoms with Crippen molar-refractivity contribution in [1.29, 1.82) is 0 Å². The van der Waals surface area contributed by atoms with Crippen LogP contribution in [0.4, 0.5) is 5.69 Å². The van der Waals surface area contributed by atoms with Gasteiger partial charge in [0, 0.05) is 18.8 Å². The summed E-state index contributed by atoms with van der Waals surface area (Å²) in [7, 11) is 1.35. The van der Waals surface area contributed by atoms with Gasteiger partial charge in [-0.2, -0.15) is 0 Å². The van der Waals surface area contributed by atoms with E-state index in [9.17, 15) is 9.59 Å². The second-order valence-electron chi connectivity index (χ2n) is 6.71. The van der Waals surface area contributed by atoms with Gasteiger partial charge in [0.1, 0.15) is 0 Å². The molecule has 126 valence electrons. The molecule has 0 unspecified atom stereocenters. The zero-order valence-electron chi connectivity index (χ0n) is 14.4. The van der Waals surface area contributed by atoms with E-state index in [4.69, 9.17) is 4.74 Å². The number of nitrogens with one attached hydrogen (secondary N) is 1. The molecule has 1 fully saturated rings. The van der Waals surface area contributed by atoms with Crippen LogP contribution in [0.15, 0.2) is 18.2 Å². The molecule has 0 bridgehead atoms. The number of rotatable bonds is 4. The molecule has 1 aliphatic heterocycles. The van der Waals surface area contributed by atoms with Gasteiger partial charge in [0.05, 0.1) is 19.2 Å². The van der Waals surface area contributed by atoms with E-state index in [1.807, 2.05) is 13.0 Å². The fourth-order valence-corrected chi connectivity index (χ4v) is 3.32. The molecule has 0 radical (unpaired) electrons. The van der Waals surface area contributed by atoms with Gasteiger partial charge in [-0.05, 0) is 42.9 Å². The molecule has 5 nitrogen and oxygen atoms in total. The lowest BCUT2D eigenvalue weighted by Crippen LogP contribution is -2.42. The van der Waals surface area contributed by atoms with Crippen LogP contribution in [-0.4, -0.2) is 43.5 Å². The Labute approximate surface area is 138 Å². The Morgan fingerprint density at radius 1 is 1.26 bits per heavy atom. The van der Waals surface area contributed by atoms with Crippen LogP contribution in [0.3, 0.4) is 0 Å². The lowest BCUT2D eigenvalue weighted by molar-refractivity contribution is -0.117. The number of hydrogen-bond donors (Lipinski definition) is 1. The monoisotopic (exact) mass is 318 g/mol. The Balaban J connectivity index is 2.01. The predicted molar refractivity (Wildman–Crippen MR) is 90.5 cm³/mol. The van der Waals surface area contributed by atoms with Gasteiger partial charge in [0.25, 0.3) is 0 Å². The number of carbonyl (C=O) groups excluding carboxylic acids is 2. The summed E-state index contributed by atoms with van der Waals surface area (Å²) >= 11 is 0. The fraction of sp³-hybridized carbons (Fsp3) is 0.556. The summed E-state index contributed by atoms with van der Waals surface area (Å²) in [6.45, 7) is 8.66. The maximum atomic E-state index is 12.3. The van der Waals surface area contributed by atoms with Crippen LogP contribution >= 0.6 is 0 Å². The Kier molecular flexibility index (Phi) is 5.77. The molecule has 0 aliphatic carbocycles. The Bertz CT molecular complexity index is 576. The van der Waals surface area contributed by atoms with Gasteiger partial charge >= 0.3 is 5.97 Å². The van der Waals surface area contributed by atoms with E-state index in [2.05, 4.69) is 24.1 Å². The highest BCUT2D eigenvalue weighted by atomic mass is 16.5. The van der Waals surface area contributed by atoms with Gasteiger partial charge in [-0.1, -0.05) is 19.9 Å². The van der Waals surface area contributed by atoms with Crippen molar-refractivity contribution in [2.24, 2.45) is 11.8 Å². The van der Waals surface area contributed by atoms with Crippen molar-refractivity contribution >= 4 is 17.6 Å². The molecule has 0 aromatic heterocycles. The first kappa shape index (κ1) is 17.5. The van der Waals surface area contributed by atoms with Gasteiger partial charge in [0.15, 0.2) is 0 Å². The summed E-state index contributed by atoms with van der Waals surface area (Å²) in [5, 5.41) is 2.92. The zero-order valence-corrected chi connectivity index (χ0v) is 14.4. The molecule has 0 spiro atoms. The minimum atomic E-state index is -0.404. The number of ether oxygens (including phenoxy) is 1. The second-order valence-corrected chi connectivity index (χ2v) is 6.71. The molecular formula is C18H26N2O3. The molecule has 1 amide bonds. The summed E-state index contributed by atoms with van der Waals surface area (Å²) in [5.41, 5.74) is 2.02. The molecule has 2 rings (SSSR count). The average molecular weight is 318 g/mol. The molecule has 1 saturated heterocycles. The van der Waals surface area contributed by atoms with Crippen molar-refractivity contribution < 1.29 is 14.3 Å². The molecule has 1 aromatic rings. The summed E-state index contributed by atoms with van der Waals surface area (Å²) in [6, 6.07) is 5.18. The molecule has 0 saturated carbocycles. The van der Waals surface area contributed by atoms with Crippen molar-refractivity contribution in [3.63, 3.8) is 0 Å². The normalized spacial score (nSPS) is 21.7. The maximum absolute atomic E-state index is 12.3. The number of nitrogens with zero attached hydrogens (tertiary/aromatic N) is 1. The first-order valence-corrected chi connectivity index (χ1v) is 8.10. The van der Waals surface area contributed by atoms with E-state index in [1.165, 1.54) is 13.5 Å². The van der Waals surface area contributed by atoms with E-state index < -0.39 is 5.97 Å². The first-order valence-electron chi connectivity index (χ1n) is 8.10. The fourth-order valence-electron chi connectivity index (χ4n) is 3.32.